The van der Waals surface area contributed by atoms with Gasteiger partial charge < -0.3 is 57.6 Å². The number of aliphatic hydroxyl groups is 2. The molecule has 3 fully saturated rings. The molecule has 12 heteroatoms. The van der Waals surface area contributed by atoms with Crippen LogP contribution < -0.4 is 0 Å². The summed E-state index contributed by atoms with van der Waals surface area (Å²) < 4.78 is 59.4. The molecule has 0 aromatic heterocycles. The predicted octanol–water partition coefficient (Wildman–Crippen LogP) is 7.62. The van der Waals surface area contributed by atoms with Crippen LogP contribution in [-0.2, 0) is 47.4 Å². The molecule has 2 heterocycles. The Morgan fingerprint density at radius 1 is 0.694 bits per heavy atom. The Balaban J connectivity index is 1.24. The number of rotatable bonds is 27. The maximum atomic E-state index is 11.4. The molecular formula is C50H84O12. The standard InChI is InChI=1S/C50H84O12/c1-15-39(53-8)33(6)35-25-37(35)45(51)29(2)20-17-22-32(5)48-50(59-14)42(28-44(57-12)62-48)60-24-18-23-40(54-9)34(7)36-26-38(36)46(52)30(3)19-16-21-31(4)47-49(58-13)41(55-10)27-43(56-11)61-47/h16-17,19-22,25,29-30,33-36,38-52H,15,18,23-24,26-28H2,1-14H3/b19-16+,20-17+,31-21+,32-22+/t29-,30-,33-,34-,35-,36-,38+,39-,40-,41-,42-,43+,44+,45+,46+,47+,48+,49+,50-/m0/s1. The first-order chi connectivity index (χ1) is 29.7. The second-order valence-corrected chi connectivity index (χ2v) is 18.3. The first-order valence-corrected chi connectivity index (χ1v) is 23.1. The first-order valence-electron chi connectivity index (χ1n) is 23.1. The predicted molar refractivity (Wildman–Crippen MR) is 241 cm³/mol. The van der Waals surface area contributed by atoms with Gasteiger partial charge in [-0.1, -0.05) is 77.2 Å². The van der Waals surface area contributed by atoms with Crippen LogP contribution in [0.2, 0.25) is 0 Å². The SMILES string of the molecule is CC[C@H](OC)[C@@H](C)[C@@H]1C=C1[C@H](O)[C@@H](C)/C=C/C=C(\C)[C@H]1O[C@@H](OC)C[C@H](OCCC[C@H](OC)[C@@H](C)[C@@H]2C[C@H]2[C@H](O)[C@@H](C)/C=C/C=C(\C)[C@H]2O[C@@H](OC)C[C@H](OC)[C@H]2OC)[C@@H]1OC. The molecule has 0 unspecified atom stereocenters. The van der Waals surface area contributed by atoms with Gasteiger partial charge in [-0.05, 0) is 79.9 Å². The molecule has 0 bridgehead atoms. The summed E-state index contributed by atoms with van der Waals surface area (Å²) in [5.41, 5.74) is 3.11. The highest BCUT2D eigenvalue weighted by molar-refractivity contribution is 5.35. The zero-order valence-electron chi connectivity index (χ0n) is 40.4. The van der Waals surface area contributed by atoms with Crippen molar-refractivity contribution < 1.29 is 57.6 Å². The van der Waals surface area contributed by atoms with Crippen LogP contribution >= 0.6 is 0 Å². The minimum absolute atomic E-state index is 0.0129. The van der Waals surface area contributed by atoms with E-state index in [1.54, 1.807) is 49.8 Å². The van der Waals surface area contributed by atoms with E-state index in [1.807, 2.05) is 51.2 Å². The highest BCUT2D eigenvalue weighted by atomic mass is 16.7. The van der Waals surface area contributed by atoms with Crippen molar-refractivity contribution in [2.24, 2.45) is 41.4 Å². The Morgan fingerprint density at radius 3 is 1.76 bits per heavy atom. The smallest absolute Gasteiger partial charge is 0.160 e. The highest BCUT2D eigenvalue weighted by Gasteiger charge is 2.49. The maximum Gasteiger partial charge on any atom is 0.160 e. The van der Waals surface area contributed by atoms with Crippen LogP contribution in [0.15, 0.2) is 59.3 Å². The summed E-state index contributed by atoms with van der Waals surface area (Å²) in [5.74, 6) is 1.51. The molecule has 1 saturated carbocycles. The molecule has 0 amide bonds. The van der Waals surface area contributed by atoms with Crippen molar-refractivity contribution in [1.29, 1.82) is 0 Å². The average molecular weight is 877 g/mol. The van der Waals surface area contributed by atoms with E-state index in [4.69, 9.17) is 47.4 Å². The van der Waals surface area contributed by atoms with Gasteiger partial charge in [0.15, 0.2) is 12.6 Å². The van der Waals surface area contributed by atoms with Gasteiger partial charge in [-0.2, -0.15) is 0 Å². The van der Waals surface area contributed by atoms with Crippen LogP contribution in [-0.4, -0.2) is 140 Å². The lowest BCUT2D eigenvalue weighted by Crippen LogP contribution is -2.51. The summed E-state index contributed by atoms with van der Waals surface area (Å²) >= 11 is 0. The number of allylic oxidation sites excluding steroid dienone is 5. The van der Waals surface area contributed by atoms with Crippen molar-refractivity contribution in [3.05, 3.63) is 59.3 Å². The third-order valence-electron chi connectivity index (χ3n) is 14.3. The lowest BCUT2D eigenvalue weighted by atomic mass is 9.90. The Bertz CT molecular complexity index is 1470. The molecule has 12 nitrogen and oxygen atoms in total. The number of methoxy groups -OCH3 is 7. The average Bonchev–Trinajstić information content (AvgIpc) is 4.23. The Kier molecular flexibility index (Phi) is 22.0. The lowest BCUT2D eigenvalue weighted by molar-refractivity contribution is -0.246. The van der Waals surface area contributed by atoms with Crippen LogP contribution in [0.5, 0.6) is 0 Å². The molecule has 0 aromatic carbocycles. The second kappa shape index (κ2) is 25.8. The number of hydrogen-bond donors (Lipinski definition) is 2. The van der Waals surface area contributed by atoms with Gasteiger partial charge in [0.05, 0.1) is 36.6 Å². The minimum atomic E-state index is -0.522. The molecule has 2 aliphatic carbocycles. The molecule has 4 aliphatic rings. The molecule has 0 aromatic rings. The van der Waals surface area contributed by atoms with Gasteiger partial charge in [0.2, 0.25) is 0 Å². The van der Waals surface area contributed by atoms with Crippen LogP contribution in [0.1, 0.15) is 87.0 Å². The quantitative estimate of drug-likeness (QED) is 0.0478. The van der Waals surface area contributed by atoms with Gasteiger partial charge in [-0.25, -0.2) is 0 Å². The van der Waals surface area contributed by atoms with E-state index in [2.05, 4.69) is 39.8 Å². The van der Waals surface area contributed by atoms with E-state index in [0.29, 0.717) is 43.1 Å². The zero-order valence-corrected chi connectivity index (χ0v) is 40.4. The molecule has 0 spiro atoms. The highest BCUT2D eigenvalue weighted by Crippen LogP contribution is 2.50. The van der Waals surface area contributed by atoms with Crippen molar-refractivity contribution in [3.63, 3.8) is 0 Å². The van der Waals surface area contributed by atoms with Crippen LogP contribution in [0.3, 0.4) is 0 Å². The summed E-state index contributed by atoms with van der Waals surface area (Å²) in [6.45, 7) is 15.3. The molecule has 62 heavy (non-hydrogen) atoms. The summed E-state index contributed by atoms with van der Waals surface area (Å²) in [6.07, 6.45) is 16.1. The molecule has 0 radical (unpaired) electrons. The number of ether oxygens (including phenoxy) is 10. The van der Waals surface area contributed by atoms with Gasteiger partial charge in [-0.3, -0.25) is 0 Å². The molecule has 2 N–H and O–H groups in total. The number of hydrogen-bond acceptors (Lipinski definition) is 12. The Hall–Kier alpha value is -1.78. The van der Waals surface area contributed by atoms with E-state index in [0.717, 1.165) is 42.4 Å². The fraction of sp³-hybridized carbons (Fsp3) is 0.800. The second-order valence-electron chi connectivity index (χ2n) is 18.3. The fourth-order valence-corrected chi connectivity index (χ4v) is 10.00. The third-order valence-corrected chi connectivity index (χ3v) is 14.3. The van der Waals surface area contributed by atoms with Gasteiger partial charge in [0, 0.05) is 87.0 Å². The summed E-state index contributed by atoms with van der Waals surface area (Å²) in [7, 11) is 11.9. The summed E-state index contributed by atoms with van der Waals surface area (Å²) in [6, 6.07) is 0. The van der Waals surface area contributed by atoms with Gasteiger partial charge >= 0.3 is 0 Å². The van der Waals surface area contributed by atoms with E-state index >= 15 is 0 Å². The topological polar surface area (TPSA) is 133 Å². The Morgan fingerprint density at radius 2 is 1.24 bits per heavy atom. The van der Waals surface area contributed by atoms with E-state index in [1.165, 1.54) is 0 Å². The minimum Gasteiger partial charge on any atom is -0.392 e. The molecule has 2 aliphatic heterocycles. The van der Waals surface area contributed by atoms with Gasteiger partial charge in [0.25, 0.3) is 0 Å². The van der Waals surface area contributed by atoms with Crippen LogP contribution in [0.4, 0.5) is 0 Å². The van der Waals surface area contributed by atoms with Crippen molar-refractivity contribution in [1.82, 2.24) is 0 Å². The molecule has 19 atom stereocenters. The van der Waals surface area contributed by atoms with Crippen molar-refractivity contribution >= 4 is 0 Å². The Labute approximate surface area is 374 Å². The van der Waals surface area contributed by atoms with E-state index < -0.39 is 18.5 Å². The summed E-state index contributed by atoms with van der Waals surface area (Å²) in [5, 5.41) is 22.5. The normalized spacial score (nSPS) is 34.7. The van der Waals surface area contributed by atoms with Crippen molar-refractivity contribution in [3.8, 4) is 0 Å². The molecule has 4 rings (SSSR count). The fourth-order valence-electron chi connectivity index (χ4n) is 10.00. The van der Waals surface area contributed by atoms with Gasteiger partial charge in [-0.15, -0.1) is 0 Å². The lowest BCUT2D eigenvalue weighted by Gasteiger charge is -2.41. The maximum absolute atomic E-state index is 11.4. The largest absolute Gasteiger partial charge is 0.392 e. The first kappa shape index (κ1) is 52.8. The van der Waals surface area contributed by atoms with E-state index in [9.17, 15) is 10.2 Å². The van der Waals surface area contributed by atoms with E-state index in [-0.39, 0.29) is 72.9 Å². The van der Waals surface area contributed by atoms with Gasteiger partial charge in [0.1, 0.15) is 24.4 Å². The van der Waals surface area contributed by atoms with Crippen LogP contribution in [0.25, 0.3) is 0 Å². The third kappa shape index (κ3) is 13.9. The molecule has 2 saturated heterocycles. The van der Waals surface area contributed by atoms with Crippen LogP contribution in [0, 0.1) is 41.4 Å². The monoisotopic (exact) mass is 877 g/mol. The van der Waals surface area contributed by atoms with Crippen molar-refractivity contribution in [2.45, 2.75) is 161 Å². The van der Waals surface area contributed by atoms with Crippen molar-refractivity contribution in [2.75, 3.05) is 56.4 Å². The summed E-state index contributed by atoms with van der Waals surface area (Å²) in [4.78, 5) is 0. The molecular weight excluding hydrogens is 793 g/mol. The number of aliphatic hydroxyl groups excluding tert-OH is 2. The zero-order chi connectivity index (χ0) is 45.7. The molecule has 356 valence electrons.